The first-order chi connectivity index (χ1) is 9.72. The first kappa shape index (κ1) is 14.2. The van der Waals surface area contributed by atoms with Crippen molar-refractivity contribution in [2.45, 2.75) is 44.4 Å². The summed E-state index contributed by atoms with van der Waals surface area (Å²) in [6.07, 6.45) is 5.33. The van der Waals surface area contributed by atoms with Crippen LogP contribution in [-0.4, -0.2) is 32.3 Å². The minimum Gasteiger partial charge on any atom is -0.376 e. The normalized spacial score (nSPS) is 22.2. The van der Waals surface area contributed by atoms with Crippen LogP contribution in [0.3, 0.4) is 0 Å². The Balaban J connectivity index is 1.59. The number of halogens is 1. The van der Waals surface area contributed by atoms with Crippen LogP contribution in [0.2, 0.25) is 5.02 Å². The number of hydrogen-bond acceptors (Lipinski definition) is 3. The SMILES string of the molecule is CN(CC1CCCO1)c1ccc(CNC2CC2)c(Cl)c1. The lowest BCUT2D eigenvalue weighted by Gasteiger charge is -2.23. The molecule has 110 valence electrons. The number of hydrogen-bond donors (Lipinski definition) is 1. The van der Waals surface area contributed by atoms with E-state index in [9.17, 15) is 0 Å². The van der Waals surface area contributed by atoms with E-state index < -0.39 is 0 Å². The Morgan fingerprint density at radius 2 is 2.20 bits per heavy atom. The molecule has 0 radical (unpaired) electrons. The summed E-state index contributed by atoms with van der Waals surface area (Å²) in [6.45, 7) is 2.72. The molecule has 0 bridgehead atoms. The molecule has 4 heteroatoms. The number of likely N-dealkylation sites (N-methyl/N-ethyl adjacent to an activating group) is 1. The second-order valence-electron chi connectivity index (χ2n) is 5.95. The number of anilines is 1. The third-order valence-electron chi connectivity index (χ3n) is 4.14. The van der Waals surface area contributed by atoms with Gasteiger partial charge >= 0.3 is 0 Å². The van der Waals surface area contributed by atoms with Gasteiger partial charge in [-0.1, -0.05) is 17.7 Å². The summed E-state index contributed by atoms with van der Waals surface area (Å²) in [4.78, 5) is 2.24. The maximum atomic E-state index is 6.40. The molecule has 1 saturated carbocycles. The summed E-state index contributed by atoms with van der Waals surface area (Å²) in [5.74, 6) is 0. The second-order valence-corrected chi connectivity index (χ2v) is 6.35. The van der Waals surface area contributed by atoms with E-state index in [4.69, 9.17) is 16.3 Å². The second kappa shape index (κ2) is 6.33. The van der Waals surface area contributed by atoms with Crippen molar-refractivity contribution >= 4 is 17.3 Å². The number of ether oxygens (including phenoxy) is 1. The molecule has 1 aliphatic carbocycles. The van der Waals surface area contributed by atoms with E-state index >= 15 is 0 Å². The Labute approximate surface area is 126 Å². The summed E-state index contributed by atoms with van der Waals surface area (Å²) in [6, 6.07) is 7.08. The van der Waals surface area contributed by atoms with Crippen molar-refractivity contribution in [2.24, 2.45) is 0 Å². The van der Waals surface area contributed by atoms with Gasteiger partial charge in [-0.25, -0.2) is 0 Å². The van der Waals surface area contributed by atoms with Gasteiger partial charge in [-0.3, -0.25) is 0 Å². The van der Waals surface area contributed by atoms with Gasteiger partial charge in [0.1, 0.15) is 0 Å². The van der Waals surface area contributed by atoms with Crippen molar-refractivity contribution in [3.8, 4) is 0 Å². The van der Waals surface area contributed by atoms with E-state index in [1.807, 2.05) is 0 Å². The Morgan fingerprint density at radius 3 is 2.85 bits per heavy atom. The Hall–Kier alpha value is -0.770. The van der Waals surface area contributed by atoms with Gasteiger partial charge in [0.05, 0.1) is 6.10 Å². The summed E-state index contributed by atoms with van der Waals surface area (Å²) in [5.41, 5.74) is 2.36. The molecule has 3 rings (SSSR count). The quantitative estimate of drug-likeness (QED) is 0.872. The molecule has 1 atom stereocenters. The molecule has 1 N–H and O–H groups in total. The zero-order valence-corrected chi connectivity index (χ0v) is 12.8. The first-order valence-corrected chi connectivity index (χ1v) is 7.95. The molecule has 0 amide bonds. The lowest BCUT2D eigenvalue weighted by Crippen LogP contribution is -2.28. The number of nitrogens with one attached hydrogen (secondary N) is 1. The van der Waals surface area contributed by atoms with Gasteiger partial charge in [-0.05, 0) is 43.4 Å². The van der Waals surface area contributed by atoms with Crippen molar-refractivity contribution in [3.05, 3.63) is 28.8 Å². The van der Waals surface area contributed by atoms with Crippen LogP contribution in [0.5, 0.6) is 0 Å². The van der Waals surface area contributed by atoms with Gasteiger partial charge in [0.25, 0.3) is 0 Å². The van der Waals surface area contributed by atoms with Gasteiger partial charge in [0.2, 0.25) is 0 Å². The summed E-state index contributed by atoms with van der Waals surface area (Å²) in [5, 5.41) is 4.36. The molecule has 3 nitrogen and oxygen atoms in total. The minimum atomic E-state index is 0.370. The van der Waals surface area contributed by atoms with Gasteiger partial charge < -0.3 is 15.0 Å². The Kier molecular flexibility index (Phi) is 4.49. The zero-order valence-electron chi connectivity index (χ0n) is 12.1. The number of rotatable bonds is 6. The molecule has 1 aromatic rings. The third kappa shape index (κ3) is 3.66. The van der Waals surface area contributed by atoms with Crippen LogP contribution < -0.4 is 10.2 Å². The van der Waals surface area contributed by atoms with Crippen molar-refractivity contribution in [1.82, 2.24) is 5.32 Å². The lowest BCUT2D eigenvalue weighted by molar-refractivity contribution is 0.116. The van der Waals surface area contributed by atoms with Gasteiger partial charge in [-0.2, -0.15) is 0 Å². The van der Waals surface area contributed by atoms with E-state index in [1.54, 1.807) is 0 Å². The van der Waals surface area contributed by atoms with Crippen LogP contribution in [-0.2, 0) is 11.3 Å². The Morgan fingerprint density at radius 1 is 1.35 bits per heavy atom. The van der Waals surface area contributed by atoms with Crippen LogP contribution in [0.25, 0.3) is 0 Å². The minimum absolute atomic E-state index is 0.370. The molecule has 1 unspecified atom stereocenters. The lowest BCUT2D eigenvalue weighted by atomic mass is 10.1. The molecule has 1 saturated heterocycles. The topological polar surface area (TPSA) is 24.5 Å². The fourth-order valence-corrected chi connectivity index (χ4v) is 2.90. The van der Waals surface area contributed by atoms with Gasteiger partial charge in [0, 0.05) is 43.5 Å². The first-order valence-electron chi connectivity index (χ1n) is 7.57. The third-order valence-corrected chi connectivity index (χ3v) is 4.49. The maximum absolute atomic E-state index is 6.40. The molecule has 0 spiro atoms. The highest BCUT2D eigenvalue weighted by Crippen LogP contribution is 2.26. The highest BCUT2D eigenvalue weighted by molar-refractivity contribution is 6.31. The van der Waals surface area contributed by atoms with Crippen LogP contribution in [0.4, 0.5) is 5.69 Å². The fourth-order valence-electron chi connectivity index (χ4n) is 2.66. The van der Waals surface area contributed by atoms with Gasteiger partial charge in [-0.15, -0.1) is 0 Å². The predicted octanol–water partition coefficient (Wildman–Crippen LogP) is 3.21. The van der Waals surface area contributed by atoms with E-state index in [0.29, 0.717) is 12.1 Å². The van der Waals surface area contributed by atoms with Crippen molar-refractivity contribution in [3.63, 3.8) is 0 Å². The van der Waals surface area contributed by atoms with Crippen molar-refractivity contribution in [2.75, 3.05) is 25.1 Å². The molecule has 0 aromatic heterocycles. The highest BCUT2D eigenvalue weighted by Gasteiger charge is 2.21. The standard InChI is InChI=1S/C16H23ClN2O/c1-19(11-15-3-2-8-20-15)14-7-4-12(16(17)9-14)10-18-13-5-6-13/h4,7,9,13,15,18H,2-3,5-6,8,10-11H2,1H3. The number of benzene rings is 1. The molecule has 2 aliphatic rings. The van der Waals surface area contributed by atoms with Crippen LogP contribution in [0.15, 0.2) is 18.2 Å². The van der Waals surface area contributed by atoms with Gasteiger partial charge in [0.15, 0.2) is 0 Å². The maximum Gasteiger partial charge on any atom is 0.0750 e. The number of nitrogens with zero attached hydrogens (tertiary/aromatic N) is 1. The summed E-state index contributed by atoms with van der Waals surface area (Å²) in [7, 11) is 2.11. The van der Waals surface area contributed by atoms with Crippen molar-refractivity contribution in [1.29, 1.82) is 0 Å². The van der Waals surface area contributed by atoms with Crippen LogP contribution in [0, 0.1) is 0 Å². The molecule has 2 fully saturated rings. The van der Waals surface area contributed by atoms with Crippen molar-refractivity contribution < 1.29 is 4.74 Å². The van der Waals surface area contributed by atoms with E-state index in [2.05, 4.69) is 35.5 Å². The fraction of sp³-hybridized carbons (Fsp3) is 0.625. The van der Waals surface area contributed by atoms with E-state index in [0.717, 1.165) is 24.7 Å². The highest BCUT2D eigenvalue weighted by atomic mass is 35.5. The largest absolute Gasteiger partial charge is 0.376 e. The smallest absolute Gasteiger partial charge is 0.0750 e. The average molecular weight is 295 g/mol. The zero-order chi connectivity index (χ0) is 13.9. The molecular weight excluding hydrogens is 272 g/mol. The molecule has 1 heterocycles. The molecule has 1 aliphatic heterocycles. The van der Waals surface area contributed by atoms with Crippen LogP contribution >= 0.6 is 11.6 Å². The average Bonchev–Trinajstić information content (AvgIpc) is 3.13. The summed E-state index contributed by atoms with van der Waals surface area (Å²) < 4.78 is 5.69. The summed E-state index contributed by atoms with van der Waals surface area (Å²) >= 11 is 6.40. The molecular formula is C16H23ClN2O. The predicted molar refractivity (Wildman–Crippen MR) is 83.6 cm³/mol. The van der Waals surface area contributed by atoms with Crippen LogP contribution in [0.1, 0.15) is 31.2 Å². The monoisotopic (exact) mass is 294 g/mol. The van der Waals surface area contributed by atoms with E-state index in [-0.39, 0.29) is 0 Å². The Bertz CT molecular complexity index is 456. The molecule has 20 heavy (non-hydrogen) atoms. The van der Waals surface area contributed by atoms with E-state index in [1.165, 1.54) is 36.9 Å². The molecule has 1 aromatic carbocycles.